The summed E-state index contributed by atoms with van der Waals surface area (Å²) in [6.07, 6.45) is 1.85. The van der Waals surface area contributed by atoms with E-state index in [0.717, 1.165) is 22.9 Å². The van der Waals surface area contributed by atoms with E-state index in [1.807, 2.05) is 13.0 Å². The molecule has 0 unspecified atom stereocenters. The van der Waals surface area contributed by atoms with Crippen LogP contribution in [0.4, 0.5) is 5.69 Å². The van der Waals surface area contributed by atoms with Gasteiger partial charge in [-0.3, -0.25) is 30.6 Å². The number of carbonyl (C=O) groups excluding carboxylic acids is 3. The van der Waals surface area contributed by atoms with Gasteiger partial charge < -0.3 is 5.32 Å². The minimum Gasteiger partial charge on any atom is -0.326 e. The van der Waals surface area contributed by atoms with Crippen molar-refractivity contribution in [2.24, 2.45) is 5.92 Å². The Labute approximate surface area is 181 Å². The van der Waals surface area contributed by atoms with Crippen LogP contribution in [0, 0.1) is 12.8 Å². The third kappa shape index (κ3) is 5.85. The summed E-state index contributed by atoms with van der Waals surface area (Å²) in [4.78, 5) is 36.1. The van der Waals surface area contributed by atoms with Gasteiger partial charge in [0.2, 0.25) is 5.91 Å². The molecule has 0 heterocycles. The van der Waals surface area contributed by atoms with Crippen molar-refractivity contribution in [1.29, 1.82) is 0 Å². The lowest BCUT2D eigenvalue weighted by molar-refractivity contribution is -0.117. The molecule has 1 saturated carbocycles. The second-order valence-electron chi connectivity index (χ2n) is 6.67. The highest BCUT2D eigenvalue weighted by atomic mass is 79.9. The fraction of sp³-hybridized carbons (Fsp3) is 0.200. The highest BCUT2D eigenvalue weighted by Crippen LogP contribution is 2.30. The van der Waals surface area contributed by atoms with Crippen LogP contribution in [0.1, 0.15) is 39.1 Å². The average Bonchev–Trinajstić information content (AvgIpc) is 3.54. The van der Waals surface area contributed by atoms with Crippen LogP contribution in [-0.4, -0.2) is 22.8 Å². The molecule has 1 aliphatic rings. The van der Waals surface area contributed by atoms with E-state index >= 15 is 0 Å². The number of hydrogen-bond acceptors (Lipinski definition) is 4. The summed E-state index contributed by atoms with van der Waals surface area (Å²) in [5.41, 5.74) is 7.37. The van der Waals surface area contributed by atoms with Crippen molar-refractivity contribution in [1.82, 2.24) is 16.2 Å². The Kier molecular flexibility index (Phi) is 6.60. The van der Waals surface area contributed by atoms with Crippen LogP contribution >= 0.6 is 28.1 Å². The predicted molar refractivity (Wildman–Crippen MR) is 117 cm³/mol. The molecule has 1 fully saturated rings. The lowest BCUT2D eigenvalue weighted by atomic mass is 10.1. The Hall–Kier alpha value is -2.78. The average molecular weight is 475 g/mol. The maximum absolute atomic E-state index is 12.2. The van der Waals surface area contributed by atoms with E-state index in [-0.39, 0.29) is 16.9 Å². The van der Waals surface area contributed by atoms with Crippen molar-refractivity contribution < 1.29 is 14.4 Å². The van der Waals surface area contributed by atoms with E-state index in [2.05, 4.69) is 37.4 Å². The van der Waals surface area contributed by atoms with Gasteiger partial charge in [0.1, 0.15) is 0 Å². The maximum atomic E-state index is 12.2. The summed E-state index contributed by atoms with van der Waals surface area (Å²) in [6, 6.07) is 11.7. The number of amides is 3. The van der Waals surface area contributed by atoms with E-state index in [0.29, 0.717) is 16.8 Å². The number of rotatable bonds is 4. The van der Waals surface area contributed by atoms with Gasteiger partial charge >= 0.3 is 0 Å². The molecule has 2 aromatic carbocycles. The zero-order valence-corrected chi connectivity index (χ0v) is 17.9. The van der Waals surface area contributed by atoms with Crippen LogP contribution in [0.15, 0.2) is 46.9 Å². The van der Waals surface area contributed by atoms with Crippen molar-refractivity contribution in [3.63, 3.8) is 0 Å². The molecule has 7 nitrogen and oxygen atoms in total. The first-order valence-electron chi connectivity index (χ1n) is 8.92. The largest absolute Gasteiger partial charge is 0.326 e. The van der Waals surface area contributed by atoms with Gasteiger partial charge in [-0.2, -0.15) is 0 Å². The van der Waals surface area contributed by atoms with Crippen molar-refractivity contribution >= 4 is 56.7 Å². The molecule has 3 rings (SSSR count). The first-order valence-corrected chi connectivity index (χ1v) is 10.1. The number of halogens is 1. The fourth-order valence-corrected chi connectivity index (χ4v) is 2.94. The summed E-state index contributed by atoms with van der Waals surface area (Å²) >= 11 is 8.41. The summed E-state index contributed by atoms with van der Waals surface area (Å²) < 4.78 is 0.814. The molecule has 0 saturated heterocycles. The van der Waals surface area contributed by atoms with Gasteiger partial charge in [0, 0.05) is 27.2 Å². The SMILES string of the molecule is Cc1ccc(C(=O)NC(=S)NNC(=O)c2ccc(NC(=O)C3CC3)cc2)cc1Br. The minimum atomic E-state index is -0.431. The van der Waals surface area contributed by atoms with Crippen LogP contribution in [0.25, 0.3) is 0 Å². The topological polar surface area (TPSA) is 99.3 Å². The molecule has 0 radical (unpaired) electrons. The standard InChI is InChI=1S/C20H19BrN4O3S/c1-11-2-3-14(10-16(11)21)18(27)23-20(29)25-24-19(28)13-6-8-15(9-7-13)22-17(26)12-4-5-12/h2-3,6-10,12H,4-5H2,1H3,(H,22,26)(H,24,28)(H2,23,25,27,29). The zero-order valence-electron chi connectivity index (χ0n) is 15.5. The fourth-order valence-electron chi connectivity index (χ4n) is 2.42. The Morgan fingerprint density at radius 3 is 2.24 bits per heavy atom. The van der Waals surface area contributed by atoms with Gasteiger partial charge in [0.25, 0.3) is 11.8 Å². The van der Waals surface area contributed by atoms with Crippen LogP contribution < -0.4 is 21.5 Å². The zero-order chi connectivity index (χ0) is 21.0. The number of aryl methyl sites for hydroxylation is 1. The number of thiocarbonyl (C=S) groups is 1. The number of anilines is 1. The summed E-state index contributed by atoms with van der Waals surface area (Å²) in [6.45, 7) is 1.92. The first kappa shape index (κ1) is 20.9. The molecule has 0 aromatic heterocycles. The number of benzene rings is 2. The van der Waals surface area contributed by atoms with Gasteiger partial charge in [-0.05, 0) is 73.9 Å². The van der Waals surface area contributed by atoms with Crippen LogP contribution in [-0.2, 0) is 4.79 Å². The molecular weight excluding hydrogens is 456 g/mol. The van der Waals surface area contributed by atoms with Gasteiger partial charge in [0.15, 0.2) is 5.11 Å². The first-order chi connectivity index (χ1) is 13.8. The van der Waals surface area contributed by atoms with Gasteiger partial charge in [-0.1, -0.05) is 22.0 Å². The Bertz CT molecular complexity index is 974. The smallest absolute Gasteiger partial charge is 0.269 e. The van der Waals surface area contributed by atoms with Gasteiger partial charge in [-0.25, -0.2) is 0 Å². The maximum Gasteiger partial charge on any atom is 0.269 e. The number of hydrogen-bond donors (Lipinski definition) is 4. The molecule has 0 spiro atoms. The molecule has 9 heteroatoms. The second kappa shape index (κ2) is 9.15. The molecule has 0 aliphatic heterocycles. The molecule has 4 N–H and O–H groups in total. The predicted octanol–water partition coefficient (Wildman–Crippen LogP) is 3.06. The second-order valence-corrected chi connectivity index (χ2v) is 7.93. The Morgan fingerprint density at radius 1 is 0.966 bits per heavy atom. The van der Waals surface area contributed by atoms with Gasteiger partial charge in [0.05, 0.1) is 0 Å². The Balaban J connectivity index is 1.47. The lowest BCUT2D eigenvalue weighted by Crippen LogP contribution is -2.48. The van der Waals surface area contributed by atoms with Crippen molar-refractivity contribution in [2.45, 2.75) is 19.8 Å². The lowest BCUT2D eigenvalue weighted by Gasteiger charge is -2.11. The molecule has 150 valence electrons. The summed E-state index contributed by atoms with van der Waals surface area (Å²) in [7, 11) is 0. The molecule has 2 aromatic rings. The molecule has 1 aliphatic carbocycles. The summed E-state index contributed by atoms with van der Waals surface area (Å²) in [5, 5.41) is 5.27. The quantitative estimate of drug-likeness (QED) is 0.403. The van der Waals surface area contributed by atoms with E-state index in [4.69, 9.17) is 12.2 Å². The van der Waals surface area contributed by atoms with Crippen molar-refractivity contribution in [3.05, 3.63) is 63.6 Å². The Morgan fingerprint density at radius 2 is 1.62 bits per heavy atom. The van der Waals surface area contributed by atoms with E-state index < -0.39 is 11.8 Å². The molecule has 0 bridgehead atoms. The van der Waals surface area contributed by atoms with E-state index in [9.17, 15) is 14.4 Å². The third-order valence-electron chi connectivity index (χ3n) is 4.31. The van der Waals surface area contributed by atoms with Crippen LogP contribution in [0.3, 0.4) is 0 Å². The minimum absolute atomic E-state index is 0.00515. The number of nitrogens with one attached hydrogen (secondary N) is 4. The molecule has 29 heavy (non-hydrogen) atoms. The third-order valence-corrected chi connectivity index (χ3v) is 5.37. The monoisotopic (exact) mass is 474 g/mol. The highest BCUT2D eigenvalue weighted by Gasteiger charge is 2.29. The van der Waals surface area contributed by atoms with Crippen molar-refractivity contribution in [3.8, 4) is 0 Å². The van der Waals surface area contributed by atoms with Crippen LogP contribution in [0.2, 0.25) is 0 Å². The molecule has 3 amide bonds. The van der Waals surface area contributed by atoms with E-state index in [1.165, 1.54) is 0 Å². The highest BCUT2D eigenvalue weighted by molar-refractivity contribution is 9.10. The summed E-state index contributed by atoms with van der Waals surface area (Å²) in [5.74, 6) is -0.710. The van der Waals surface area contributed by atoms with E-state index in [1.54, 1.807) is 36.4 Å². The van der Waals surface area contributed by atoms with Crippen molar-refractivity contribution in [2.75, 3.05) is 5.32 Å². The normalized spacial score (nSPS) is 12.6. The molecular formula is C20H19BrN4O3S. The number of hydrazine groups is 1. The van der Waals surface area contributed by atoms with Gasteiger partial charge in [-0.15, -0.1) is 0 Å². The van der Waals surface area contributed by atoms with Crippen LogP contribution in [0.5, 0.6) is 0 Å². The molecule has 0 atom stereocenters. The number of carbonyl (C=O) groups is 3.